The Kier molecular flexibility index (Phi) is 2.49. The summed E-state index contributed by atoms with van der Waals surface area (Å²) in [4.78, 5) is 0. The summed E-state index contributed by atoms with van der Waals surface area (Å²) in [5, 5.41) is 4.57. The van der Waals surface area contributed by atoms with Crippen LogP contribution in [0.25, 0.3) is 0 Å². The fraction of sp³-hybridized carbons (Fsp3) is 0.818. The number of rotatable bonds is 1. The number of hydrogen-bond acceptors (Lipinski definition) is 2. The van der Waals surface area contributed by atoms with E-state index in [0.717, 1.165) is 18.3 Å². The van der Waals surface area contributed by atoms with Crippen molar-refractivity contribution in [2.45, 2.75) is 33.6 Å². The van der Waals surface area contributed by atoms with E-state index in [1.807, 2.05) is 0 Å². The molecule has 3 aliphatic rings. The summed E-state index contributed by atoms with van der Waals surface area (Å²) in [6.07, 6.45) is 2.46. The zero-order valence-corrected chi connectivity index (χ0v) is 10.4. The van der Waals surface area contributed by atoms with Gasteiger partial charge < -0.3 is 5.73 Å². The van der Waals surface area contributed by atoms with Crippen LogP contribution in [0.4, 0.5) is 0 Å². The second-order valence-corrected chi connectivity index (χ2v) is 5.87. The molecule has 2 bridgehead atoms. The third-order valence-electron chi connectivity index (χ3n) is 4.44. The molecule has 0 saturated heterocycles. The largest absolute Gasteiger partial charge is 0.375 e. The maximum Gasteiger partial charge on any atom is 0.184 e. The highest BCUT2D eigenvalue weighted by atomic mass is 32.1. The first kappa shape index (κ1) is 10.9. The van der Waals surface area contributed by atoms with Gasteiger partial charge in [-0.2, -0.15) is 5.10 Å². The Morgan fingerprint density at radius 1 is 1.60 bits per heavy atom. The molecule has 3 aliphatic carbocycles. The fourth-order valence-electron chi connectivity index (χ4n) is 3.20. The summed E-state index contributed by atoms with van der Waals surface area (Å²) < 4.78 is 0. The lowest BCUT2D eigenvalue weighted by Crippen LogP contribution is -2.55. The number of fused-ring (bicyclic) bond motifs is 2. The van der Waals surface area contributed by atoms with Crippen molar-refractivity contribution >= 4 is 23.0 Å². The number of nitrogens with zero attached hydrogens (tertiary/aromatic N) is 1. The Hall–Kier alpha value is -0.640. The molecule has 0 aliphatic heterocycles. The monoisotopic (exact) mass is 225 g/mol. The average molecular weight is 225 g/mol. The van der Waals surface area contributed by atoms with E-state index in [1.165, 1.54) is 12.1 Å². The molecule has 15 heavy (non-hydrogen) atoms. The highest BCUT2D eigenvalue weighted by Crippen LogP contribution is 2.60. The van der Waals surface area contributed by atoms with E-state index in [0.29, 0.717) is 11.3 Å². The summed E-state index contributed by atoms with van der Waals surface area (Å²) in [6, 6.07) is 0. The van der Waals surface area contributed by atoms with Gasteiger partial charge in [0.25, 0.3) is 0 Å². The second-order valence-electron chi connectivity index (χ2n) is 5.43. The first-order chi connectivity index (χ1) is 6.93. The van der Waals surface area contributed by atoms with Crippen molar-refractivity contribution in [2.24, 2.45) is 34.0 Å². The van der Waals surface area contributed by atoms with E-state index in [9.17, 15) is 0 Å². The number of hydrazone groups is 1. The molecule has 3 rings (SSSR count). The summed E-state index contributed by atoms with van der Waals surface area (Å²) in [6.45, 7) is 7.02. The molecule has 3 saturated carbocycles. The highest BCUT2D eigenvalue weighted by Gasteiger charge is 2.55. The molecule has 0 amide bonds. The number of nitrogens with one attached hydrogen (secondary N) is 1. The van der Waals surface area contributed by atoms with Crippen molar-refractivity contribution in [3.8, 4) is 0 Å². The van der Waals surface area contributed by atoms with Crippen LogP contribution in [-0.4, -0.2) is 10.8 Å². The first-order valence-electron chi connectivity index (χ1n) is 5.55. The molecule has 0 aromatic heterocycles. The number of nitrogens with two attached hydrogens (primary N) is 1. The van der Waals surface area contributed by atoms with Crippen LogP contribution in [0.1, 0.15) is 33.6 Å². The standard InChI is InChI=1S/C11H19N3S/c1-6-8-4-7(11(8,2)3)5-9(6)13-14-10(12)15/h6-8H,4-5H2,1-3H3,(H3,12,14,15). The van der Waals surface area contributed by atoms with Crippen molar-refractivity contribution in [3.63, 3.8) is 0 Å². The van der Waals surface area contributed by atoms with Crippen LogP contribution in [-0.2, 0) is 0 Å². The Morgan fingerprint density at radius 3 is 2.73 bits per heavy atom. The van der Waals surface area contributed by atoms with E-state index in [1.54, 1.807) is 0 Å². The van der Waals surface area contributed by atoms with Crippen molar-refractivity contribution in [1.82, 2.24) is 5.43 Å². The predicted octanol–water partition coefficient (Wildman–Crippen LogP) is 1.88. The van der Waals surface area contributed by atoms with Gasteiger partial charge in [0.2, 0.25) is 0 Å². The number of hydrogen-bond donors (Lipinski definition) is 2. The minimum Gasteiger partial charge on any atom is -0.375 e. The summed E-state index contributed by atoms with van der Waals surface area (Å²) in [7, 11) is 0. The van der Waals surface area contributed by atoms with E-state index in [-0.39, 0.29) is 5.11 Å². The Labute approximate surface area is 96.5 Å². The van der Waals surface area contributed by atoms with E-state index in [2.05, 4.69) is 31.3 Å². The number of thiocarbonyl (C=S) groups is 1. The molecular formula is C11H19N3S. The molecule has 0 aromatic rings. The molecule has 0 aromatic carbocycles. The first-order valence-corrected chi connectivity index (χ1v) is 5.95. The minimum absolute atomic E-state index is 0.258. The summed E-state index contributed by atoms with van der Waals surface area (Å²) in [5.74, 6) is 2.14. The predicted molar refractivity (Wildman–Crippen MR) is 66.5 cm³/mol. The molecule has 3 nitrogen and oxygen atoms in total. The zero-order chi connectivity index (χ0) is 11.2. The molecule has 3 N–H and O–H groups in total. The smallest absolute Gasteiger partial charge is 0.184 e. The van der Waals surface area contributed by atoms with Crippen LogP contribution < -0.4 is 11.2 Å². The van der Waals surface area contributed by atoms with Gasteiger partial charge in [0.05, 0.1) is 0 Å². The van der Waals surface area contributed by atoms with Crippen molar-refractivity contribution < 1.29 is 0 Å². The lowest BCUT2D eigenvalue weighted by Gasteiger charge is -2.59. The molecule has 0 radical (unpaired) electrons. The average Bonchev–Trinajstić information content (AvgIpc) is 2.15. The third kappa shape index (κ3) is 1.65. The van der Waals surface area contributed by atoms with Gasteiger partial charge in [-0.3, -0.25) is 5.43 Å². The maximum absolute atomic E-state index is 5.37. The van der Waals surface area contributed by atoms with Gasteiger partial charge in [-0.1, -0.05) is 20.8 Å². The van der Waals surface area contributed by atoms with Gasteiger partial charge in [-0.05, 0) is 48.2 Å². The Morgan fingerprint density at radius 2 is 2.27 bits per heavy atom. The highest BCUT2D eigenvalue weighted by molar-refractivity contribution is 7.80. The van der Waals surface area contributed by atoms with Crippen LogP contribution >= 0.6 is 12.2 Å². The van der Waals surface area contributed by atoms with E-state index in [4.69, 9.17) is 18.0 Å². The Balaban J connectivity index is 2.08. The molecule has 4 heteroatoms. The molecule has 0 heterocycles. The second kappa shape index (κ2) is 3.44. The van der Waals surface area contributed by atoms with Gasteiger partial charge >= 0.3 is 0 Å². The van der Waals surface area contributed by atoms with Crippen molar-refractivity contribution in [3.05, 3.63) is 0 Å². The van der Waals surface area contributed by atoms with E-state index >= 15 is 0 Å². The normalized spacial score (nSPS) is 39.7. The third-order valence-corrected chi connectivity index (χ3v) is 4.53. The molecular weight excluding hydrogens is 206 g/mol. The van der Waals surface area contributed by atoms with Gasteiger partial charge in [-0.15, -0.1) is 0 Å². The molecule has 0 spiro atoms. The van der Waals surface area contributed by atoms with Crippen LogP contribution in [0.2, 0.25) is 0 Å². The minimum atomic E-state index is 0.258. The Bertz CT molecular complexity index is 322. The molecule has 3 unspecified atom stereocenters. The van der Waals surface area contributed by atoms with Crippen molar-refractivity contribution in [1.29, 1.82) is 0 Å². The SMILES string of the molecule is CC1C(=NNC(N)=S)CC2CC1C2(C)C. The quantitative estimate of drug-likeness (QED) is 0.529. The summed E-state index contributed by atoms with van der Waals surface area (Å²) in [5.41, 5.74) is 9.82. The summed E-state index contributed by atoms with van der Waals surface area (Å²) >= 11 is 4.75. The molecule has 84 valence electrons. The van der Waals surface area contributed by atoms with Gasteiger partial charge in [0.15, 0.2) is 5.11 Å². The molecule has 3 fully saturated rings. The topological polar surface area (TPSA) is 50.4 Å². The zero-order valence-electron chi connectivity index (χ0n) is 9.58. The van der Waals surface area contributed by atoms with Crippen molar-refractivity contribution in [2.75, 3.05) is 0 Å². The van der Waals surface area contributed by atoms with Crippen LogP contribution in [0.5, 0.6) is 0 Å². The van der Waals surface area contributed by atoms with E-state index < -0.39 is 0 Å². The van der Waals surface area contributed by atoms with Gasteiger partial charge in [-0.25, -0.2) is 0 Å². The van der Waals surface area contributed by atoms with Crippen LogP contribution in [0.15, 0.2) is 5.10 Å². The maximum atomic E-state index is 5.37. The lowest BCUT2D eigenvalue weighted by molar-refractivity contribution is -0.0522. The molecule has 3 atom stereocenters. The fourth-order valence-corrected chi connectivity index (χ4v) is 3.24. The van der Waals surface area contributed by atoms with Gasteiger partial charge in [0.1, 0.15) is 0 Å². The van der Waals surface area contributed by atoms with Gasteiger partial charge in [0, 0.05) is 5.71 Å². The lowest BCUT2D eigenvalue weighted by atomic mass is 9.45. The van der Waals surface area contributed by atoms with Crippen LogP contribution in [0.3, 0.4) is 0 Å². The van der Waals surface area contributed by atoms with Crippen LogP contribution in [0, 0.1) is 23.2 Å².